The molecule has 2 N–H and O–H groups in total. The van der Waals surface area contributed by atoms with Crippen LogP contribution in [0, 0.1) is 0 Å². The fourth-order valence-electron chi connectivity index (χ4n) is 1.82. The van der Waals surface area contributed by atoms with E-state index in [1.165, 1.54) is 20.3 Å². The van der Waals surface area contributed by atoms with E-state index in [1.807, 2.05) is 0 Å². The first-order valence-electron chi connectivity index (χ1n) is 6.58. The van der Waals surface area contributed by atoms with Gasteiger partial charge in [0.25, 0.3) is 11.1 Å². The van der Waals surface area contributed by atoms with E-state index in [-0.39, 0.29) is 22.6 Å². The highest BCUT2D eigenvalue weighted by Crippen LogP contribution is 2.37. The van der Waals surface area contributed by atoms with E-state index in [4.69, 9.17) is 26.4 Å². The van der Waals surface area contributed by atoms with Gasteiger partial charge < -0.3 is 19.3 Å². The van der Waals surface area contributed by atoms with Crippen LogP contribution in [-0.4, -0.2) is 30.4 Å². The van der Waals surface area contributed by atoms with Crippen LogP contribution in [0.5, 0.6) is 17.2 Å². The smallest absolute Gasteiger partial charge is 0.294 e. The summed E-state index contributed by atoms with van der Waals surface area (Å²) in [7, 11) is 2.93. The van der Waals surface area contributed by atoms with Crippen LogP contribution >= 0.6 is 12.2 Å². The summed E-state index contributed by atoms with van der Waals surface area (Å²) in [6, 6.07) is 3.35. The molecule has 1 fully saturated rings. The lowest BCUT2D eigenvalue weighted by atomic mass is 10.1. The average molecular weight is 333 g/mol. The SMILES string of the molecule is COc1cc(C=CC=CC=C2OC(=S)NC2=O)cc(OC)c1O. The monoisotopic (exact) mass is 333 g/mol. The summed E-state index contributed by atoms with van der Waals surface area (Å²) in [6.07, 6.45) is 8.43. The quantitative estimate of drug-likeness (QED) is 0.489. The van der Waals surface area contributed by atoms with Gasteiger partial charge in [-0.05, 0) is 36.0 Å². The number of carbonyl (C=O) groups excluding carboxylic acids is 1. The zero-order valence-electron chi connectivity index (χ0n) is 12.5. The maximum Gasteiger partial charge on any atom is 0.294 e. The molecule has 0 unspecified atom stereocenters. The highest BCUT2D eigenvalue weighted by atomic mass is 32.1. The van der Waals surface area contributed by atoms with Gasteiger partial charge in [-0.1, -0.05) is 24.3 Å². The van der Waals surface area contributed by atoms with Crippen molar-refractivity contribution in [1.82, 2.24) is 5.32 Å². The summed E-state index contributed by atoms with van der Waals surface area (Å²) in [4.78, 5) is 11.3. The molecule has 1 aliphatic heterocycles. The fraction of sp³-hybridized carbons (Fsp3) is 0.125. The predicted octanol–water partition coefficient (Wildman–Crippen LogP) is 2.29. The summed E-state index contributed by atoms with van der Waals surface area (Å²) >= 11 is 4.72. The van der Waals surface area contributed by atoms with Gasteiger partial charge in [0.05, 0.1) is 14.2 Å². The second-order valence-electron chi connectivity index (χ2n) is 4.39. The molecule has 2 rings (SSSR count). The van der Waals surface area contributed by atoms with Crippen molar-refractivity contribution in [3.63, 3.8) is 0 Å². The van der Waals surface area contributed by atoms with E-state index < -0.39 is 0 Å². The van der Waals surface area contributed by atoms with Crippen LogP contribution in [0.25, 0.3) is 6.08 Å². The first-order chi connectivity index (χ1) is 11.0. The zero-order chi connectivity index (χ0) is 16.8. The average Bonchev–Trinajstić information content (AvgIpc) is 2.85. The number of nitrogens with one attached hydrogen (secondary N) is 1. The lowest BCUT2D eigenvalue weighted by Gasteiger charge is -2.09. The molecule has 0 aliphatic carbocycles. The summed E-state index contributed by atoms with van der Waals surface area (Å²) < 4.78 is 15.2. The van der Waals surface area contributed by atoms with Crippen molar-refractivity contribution in [3.05, 3.63) is 47.8 Å². The van der Waals surface area contributed by atoms with Gasteiger partial charge in [-0.2, -0.15) is 0 Å². The Balaban J connectivity index is 2.09. The van der Waals surface area contributed by atoms with Gasteiger partial charge >= 0.3 is 0 Å². The maximum absolute atomic E-state index is 11.3. The summed E-state index contributed by atoms with van der Waals surface area (Å²) in [6.45, 7) is 0. The van der Waals surface area contributed by atoms with Crippen molar-refractivity contribution in [2.75, 3.05) is 14.2 Å². The highest BCUT2D eigenvalue weighted by Gasteiger charge is 2.21. The number of rotatable bonds is 5. The molecule has 1 saturated heterocycles. The lowest BCUT2D eigenvalue weighted by molar-refractivity contribution is -0.116. The van der Waals surface area contributed by atoms with Gasteiger partial charge in [-0.3, -0.25) is 10.1 Å². The molecule has 1 aliphatic rings. The van der Waals surface area contributed by atoms with Gasteiger partial charge in [0.15, 0.2) is 17.3 Å². The lowest BCUT2D eigenvalue weighted by Crippen LogP contribution is -2.18. The molecule has 6 nitrogen and oxygen atoms in total. The number of thiocarbonyl (C=S) groups is 1. The van der Waals surface area contributed by atoms with Crippen molar-refractivity contribution in [1.29, 1.82) is 0 Å². The number of hydrogen-bond acceptors (Lipinski definition) is 6. The predicted molar refractivity (Wildman–Crippen MR) is 89.3 cm³/mol. The topological polar surface area (TPSA) is 77.0 Å². The molecule has 23 heavy (non-hydrogen) atoms. The third-order valence-corrected chi connectivity index (χ3v) is 3.09. The summed E-state index contributed by atoms with van der Waals surface area (Å²) in [5, 5.41) is 12.2. The Bertz CT molecular complexity index is 696. The van der Waals surface area contributed by atoms with Gasteiger partial charge in [0, 0.05) is 0 Å². The van der Waals surface area contributed by atoms with Crippen molar-refractivity contribution >= 4 is 29.4 Å². The number of phenols is 1. The largest absolute Gasteiger partial charge is 0.502 e. The van der Waals surface area contributed by atoms with Crippen LogP contribution in [0.4, 0.5) is 0 Å². The Morgan fingerprint density at radius 3 is 2.35 bits per heavy atom. The molecule has 0 atom stereocenters. The van der Waals surface area contributed by atoms with Crippen molar-refractivity contribution in [3.8, 4) is 17.2 Å². The van der Waals surface area contributed by atoms with E-state index >= 15 is 0 Å². The van der Waals surface area contributed by atoms with Crippen LogP contribution in [0.15, 0.2) is 42.2 Å². The summed E-state index contributed by atoms with van der Waals surface area (Å²) in [5.74, 6) is 0.372. The fourth-order valence-corrected chi connectivity index (χ4v) is 2.00. The number of phenolic OH excluding ortho intramolecular Hbond substituents is 1. The van der Waals surface area contributed by atoms with E-state index in [2.05, 4.69) is 5.32 Å². The van der Waals surface area contributed by atoms with E-state index in [9.17, 15) is 9.90 Å². The Labute approximate surface area is 138 Å². The number of hydrogen-bond donors (Lipinski definition) is 2. The number of aromatic hydroxyl groups is 1. The molecule has 1 heterocycles. The second kappa shape index (κ2) is 7.46. The normalized spacial score (nSPS) is 16.2. The molecule has 120 valence electrons. The molecular formula is C16H15NO5S. The minimum Gasteiger partial charge on any atom is -0.502 e. The molecule has 0 bridgehead atoms. The molecule has 0 aromatic heterocycles. The Morgan fingerprint density at radius 1 is 1.17 bits per heavy atom. The Kier molecular flexibility index (Phi) is 5.37. The molecule has 1 aromatic rings. The molecule has 0 spiro atoms. The third-order valence-electron chi connectivity index (χ3n) is 2.90. The Morgan fingerprint density at radius 2 is 1.83 bits per heavy atom. The van der Waals surface area contributed by atoms with Gasteiger partial charge in [-0.15, -0.1) is 0 Å². The molecular weight excluding hydrogens is 318 g/mol. The van der Waals surface area contributed by atoms with Gasteiger partial charge in [0.2, 0.25) is 5.75 Å². The molecule has 0 radical (unpaired) electrons. The maximum atomic E-state index is 11.3. The number of methoxy groups -OCH3 is 2. The van der Waals surface area contributed by atoms with Crippen LogP contribution in [-0.2, 0) is 9.53 Å². The van der Waals surface area contributed by atoms with Crippen molar-refractivity contribution < 1.29 is 24.1 Å². The second-order valence-corrected chi connectivity index (χ2v) is 4.76. The van der Waals surface area contributed by atoms with Crippen LogP contribution in [0.2, 0.25) is 0 Å². The molecule has 1 aromatic carbocycles. The first-order valence-corrected chi connectivity index (χ1v) is 6.99. The van der Waals surface area contributed by atoms with Crippen molar-refractivity contribution in [2.45, 2.75) is 0 Å². The van der Waals surface area contributed by atoms with E-state index in [0.717, 1.165) is 5.56 Å². The minimum absolute atomic E-state index is 0.0483. The number of carbonyl (C=O) groups is 1. The Hall–Kier alpha value is -2.80. The molecule has 7 heteroatoms. The third kappa shape index (κ3) is 4.10. The molecule has 0 saturated carbocycles. The summed E-state index contributed by atoms with van der Waals surface area (Å²) in [5.41, 5.74) is 0.782. The first kappa shape index (κ1) is 16.6. The minimum atomic E-state index is -0.364. The molecule has 1 amide bonds. The number of ether oxygens (including phenoxy) is 3. The van der Waals surface area contributed by atoms with E-state index in [1.54, 1.807) is 36.4 Å². The number of benzene rings is 1. The van der Waals surface area contributed by atoms with Crippen LogP contribution in [0.3, 0.4) is 0 Å². The van der Waals surface area contributed by atoms with Gasteiger partial charge in [-0.25, -0.2) is 0 Å². The highest BCUT2D eigenvalue weighted by molar-refractivity contribution is 7.80. The number of allylic oxidation sites excluding steroid dienone is 4. The van der Waals surface area contributed by atoms with Crippen molar-refractivity contribution in [2.24, 2.45) is 0 Å². The zero-order valence-corrected chi connectivity index (χ0v) is 13.3. The van der Waals surface area contributed by atoms with E-state index in [0.29, 0.717) is 11.5 Å². The van der Waals surface area contributed by atoms with Crippen LogP contribution < -0.4 is 14.8 Å². The van der Waals surface area contributed by atoms with Gasteiger partial charge in [0.1, 0.15) is 0 Å². The standard InChI is InChI=1S/C16H15NO5S/c1-20-12-8-10(9-13(21-2)14(12)18)6-4-3-5-7-11-15(19)17-16(23)22-11/h3-9,18H,1-2H3,(H,17,19,23). The number of amides is 1. The van der Waals surface area contributed by atoms with Crippen LogP contribution in [0.1, 0.15) is 5.56 Å².